The molecule has 3 heteroatoms. The molecule has 0 aliphatic heterocycles. The Labute approximate surface area is 114 Å². The van der Waals surface area contributed by atoms with Crippen LogP contribution in [-0.4, -0.2) is 6.86 Å². The van der Waals surface area contributed by atoms with Crippen LogP contribution < -0.4 is 4.74 Å². The molecule has 18 heavy (non-hydrogen) atoms. The Balaban J connectivity index is 2.31. The maximum atomic E-state index is 12.1. The van der Waals surface area contributed by atoms with E-state index in [2.05, 4.69) is 22.5 Å². The fraction of sp³-hybridized carbons (Fsp3) is 0.0667. The van der Waals surface area contributed by atoms with Crippen LogP contribution in [0.4, 0.5) is 4.39 Å². The van der Waals surface area contributed by atoms with Gasteiger partial charge in [0, 0.05) is 4.47 Å². The second-order valence-corrected chi connectivity index (χ2v) is 4.69. The first-order valence-corrected chi connectivity index (χ1v) is 6.24. The first kappa shape index (κ1) is 12.8. The van der Waals surface area contributed by atoms with E-state index in [-0.39, 0.29) is 0 Å². The third kappa shape index (κ3) is 2.99. The van der Waals surface area contributed by atoms with Gasteiger partial charge in [-0.3, -0.25) is 0 Å². The minimum atomic E-state index is -0.827. The summed E-state index contributed by atoms with van der Waals surface area (Å²) >= 11 is 3.43. The zero-order valence-electron chi connectivity index (χ0n) is 9.70. The van der Waals surface area contributed by atoms with E-state index in [1.54, 1.807) is 12.1 Å². The number of halogens is 2. The van der Waals surface area contributed by atoms with E-state index in [0.29, 0.717) is 5.75 Å². The number of hydrogen-bond acceptors (Lipinski definition) is 1. The Bertz CT molecular complexity index is 566. The van der Waals surface area contributed by atoms with E-state index >= 15 is 0 Å². The second kappa shape index (κ2) is 5.83. The van der Waals surface area contributed by atoms with Crippen LogP contribution in [-0.2, 0) is 0 Å². The van der Waals surface area contributed by atoms with Gasteiger partial charge in [-0.2, -0.15) is 0 Å². The molecule has 2 aromatic rings. The normalized spacial score (nSPS) is 10.1. The first-order chi connectivity index (χ1) is 8.70. The third-order valence-corrected chi connectivity index (χ3v) is 3.07. The monoisotopic (exact) mass is 306 g/mol. The van der Waals surface area contributed by atoms with Gasteiger partial charge >= 0.3 is 0 Å². The summed E-state index contributed by atoms with van der Waals surface area (Å²) in [6.07, 6.45) is 0. The number of benzene rings is 2. The molecule has 2 rings (SSSR count). The summed E-state index contributed by atoms with van der Waals surface area (Å²) in [7, 11) is 0. The molecule has 0 saturated heterocycles. The quantitative estimate of drug-likeness (QED) is 0.787. The zero-order valence-corrected chi connectivity index (χ0v) is 11.3. The summed E-state index contributed by atoms with van der Waals surface area (Å²) in [6.45, 7) is 3.24. The molecule has 0 aromatic heterocycles. The highest BCUT2D eigenvalue weighted by Crippen LogP contribution is 2.26. The van der Waals surface area contributed by atoms with Crippen molar-refractivity contribution in [2.24, 2.45) is 0 Å². The highest BCUT2D eigenvalue weighted by molar-refractivity contribution is 9.10. The maximum absolute atomic E-state index is 12.1. The van der Waals surface area contributed by atoms with E-state index in [4.69, 9.17) is 4.74 Å². The number of alkyl halides is 1. The average molecular weight is 307 g/mol. The molecular formula is C15H12BrFO. The van der Waals surface area contributed by atoms with Crippen molar-refractivity contribution in [1.29, 1.82) is 0 Å². The molecule has 0 saturated carbocycles. The predicted octanol–water partition coefficient (Wildman–Crippen LogP) is 4.82. The van der Waals surface area contributed by atoms with Gasteiger partial charge in [0.05, 0.1) is 0 Å². The average Bonchev–Trinajstić information content (AvgIpc) is 2.39. The molecule has 0 bridgehead atoms. The predicted molar refractivity (Wildman–Crippen MR) is 75.3 cm³/mol. The van der Waals surface area contributed by atoms with Crippen molar-refractivity contribution >= 4 is 21.5 Å². The molecule has 92 valence electrons. The summed E-state index contributed by atoms with van der Waals surface area (Å²) in [6, 6.07) is 15.1. The van der Waals surface area contributed by atoms with Gasteiger partial charge in [0.15, 0.2) is 0 Å². The summed E-state index contributed by atoms with van der Waals surface area (Å²) in [4.78, 5) is 0. The summed E-state index contributed by atoms with van der Waals surface area (Å²) < 4.78 is 18.0. The van der Waals surface area contributed by atoms with Crippen LogP contribution in [0.1, 0.15) is 11.1 Å². The fourth-order valence-corrected chi connectivity index (χ4v) is 2.08. The molecule has 0 aliphatic rings. The van der Waals surface area contributed by atoms with Gasteiger partial charge in [0.2, 0.25) is 6.86 Å². The Morgan fingerprint density at radius 1 is 1.11 bits per heavy atom. The molecule has 1 nitrogen and oxygen atoms in total. The number of rotatable bonds is 4. The molecule has 0 heterocycles. The van der Waals surface area contributed by atoms with Crippen LogP contribution in [0.2, 0.25) is 0 Å². The molecule has 0 fully saturated rings. The lowest BCUT2D eigenvalue weighted by atomic mass is 10.00. The largest absolute Gasteiger partial charge is 0.463 e. The maximum Gasteiger partial charge on any atom is 0.228 e. The molecule has 2 aromatic carbocycles. The minimum absolute atomic E-state index is 0.506. The van der Waals surface area contributed by atoms with Gasteiger partial charge < -0.3 is 4.74 Å². The molecule has 0 amide bonds. The molecule has 0 aliphatic carbocycles. The van der Waals surface area contributed by atoms with Crippen molar-refractivity contribution in [3.05, 3.63) is 70.7 Å². The molecule has 0 atom stereocenters. The minimum Gasteiger partial charge on any atom is -0.463 e. The van der Waals surface area contributed by atoms with Crippen molar-refractivity contribution in [2.75, 3.05) is 6.86 Å². The Morgan fingerprint density at radius 3 is 2.44 bits per heavy atom. The highest BCUT2D eigenvalue weighted by Gasteiger charge is 2.04. The Kier molecular flexibility index (Phi) is 4.15. The molecule has 0 radical (unpaired) electrons. The van der Waals surface area contributed by atoms with Crippen molar-refractivity contribution in [1.82, 2.24) is 0 Å². The van der Waals surface area contributed by atoms with Gasteiger partial charge in [0.25, 0.3) is 0 Å². The lowest BCUT2D eigenvalue weighted by molar-refractivity contribution is 0.191. The fourth-order valence-electron chi connectivity index (χ4n) is 1.68. The van der Waals surface area contributed by atoms with Crippen LogP contribution in [0.25, 0.3) is 5.57 Å². The first-order valence-electron chi connectivity index (χ1n) is 5.45. The highest BCUT2D eigenvalue weighted by atomic mass is 79.9. The number of ether oxygens (including phenoxy) is 1. The molecule has 0 N–H and O–H groups in total. The zero-order chi connectivity index (χ0) is 13.0. The lowest BCUT2D eigenvalue weighted by Gasteiger charge is -2.08. The van der Waals surface area contributed by atoms with Gasteiger partial charge in [-0.25, -0.2) is 4.39 Å². The Hall–Kier alpha value is -1.61. The third-order valence-electron chi connectivity index (χ3n) is 2.58. The summed E-state index contributed by atoms with van der Waals surface area (Å²) in [5.74, 6) is 0.506. The topological polar surface area (TPSA) is 9.23 Å². The van der Waals surface area contributed by atoms with E-state index in [1.807, 2.05) is 36.4 Å². The van der Waals surface area contributed by atoms with E-state index in [0.717, 1.165) is 21.2 Å². The van der Waals surface area contributed by atoms with Crippen LogP contribution >= 0.6 is 15.9 Å². The smallest absolute Gasteiger partial charge is 0.228 e. The van der Waals surface area contributed by atoms with E-state index in [1.165, 1.54) is 0 Å². The summed E-state index contributed by atoms with van der Waals surface area (Å²) in [5, 5.41) is 0. The standard InChI is InChI=1S/C15H12BrFO/c1-11(12-4-2-6-14(16)8-12)13-5-3-7-15(9-13)18-10-17/h2-9H,1,10H2. The van der Waals surface area contributed by atoms with Gasteiger partial charge in [-0.1, -0.05) is 46.8 Å². The Morgan fingerprint density at radius 2 is 1.78 bits per heavy atom. The second-order valence-electron chi connectivity index (χ2n) is 3.77. The van der Waals surface area contributed by atoms with E-state index in [9.17, 15) is 4.39 Å². The van der Waals surface area contributed by atoms with Crippen molar-refractivity contribution < 1.29 is 9.13 Å². The van der Waals surface area contributed by atoms with Crippen molar-refractivity contribution in [2.45, 2.75) is 0 Å². The summed E-state index contributed by atoms with van der Waals surface area (Å²) in [5.41, 5.74) is 2.81. The van der Waals surface area contributed by atoms with E-state index < -0.39 is 6.86 Å². The molecule has 0 unspecified atom stereocenters. The SMILES string of the molecule is C=C(c1cccc(Br)c1)c1cccc(OCF)c1. The van der Waals surface area contributed by atoms with Crippen LogP contribution in [0.5, 0.6) is 5.75 Å². The van der Waals surface area contributed by atoms with Gasteiger partial charge in [-0.15, -0.1) is 0 Å². The molecule has 0 spiro atoms. The van der Waals surface area contributed by atoms with Gasteiger partial charge in [-0.05, 0) is 41.0 Å². The van der Waals surface area contributed by atoms with Crippen molar-refractivity contribution in [3.63, 3.8) is 0 Å². The van der Waals surface area contributed by atoms with Crippen LogP contribution in [0.3, 0.4) is 0 Å². The van der Waals surface area contributed by atoms with Crippen LogP contribution in [0.15, 0.2) is 59.6 Å². The van der Waals surface area contributed by atoms with Crippen molar-refractivity contribution in [3.8, 4) is 5.75 Å². The lowest BCUT2D eigenvalue weighted by Crippen LogP contribution is -1.92. The van der Waals surface area contributed by atoms with Crippen LogP contribution in [0, 0.1) is 0 Å². The van der Waals surface area contributed by atoms with Gasteiger partial charge in [0.1, 0.15) is 5.75 Å². The molecular weight excluding hydrogens is 295 g/mol. The number of hydrogen-bond donors (Lipinski definition) is 0.